The van der Waals surface area contributed by atoms with Gasteiger partial charge in [-0.15, -0.1) is 0 Å². The molecule has 0 atom stereocenters. The van der Waals surface area contributed by atoms with Gasteiger partial charge in [-0.25, -0.2) is 0 Å². The van der Waals surface area contributed by atoms with E-state index in [1.54, 1.807) is 42.5 Å². The van der Waals surface area contributed by atoms with Crippen LogP contribution in [-0.4, -0.2) is 28.2 Å². The number of allylic oxidation sites excluding steroid dienone is 3. The number of benzene rings is 2. The van der Waals surface area contributed by atoms with Crippen molar-refractivity contribution in [1.82, 2.24) is 0 Å². The molecule has 2 aromatic rings. The molecule has 0 saturated heterocycles. The summed E-state index contributed by atoms with van der Waals surface area (Å²) in [7, 11) is 0. The summed E-state index contributed by atoms with van der Waals surface area (Å²) in [5.74, 6) is -1.56. The lowest BCUT2D eigenvalue weighted by molar-refractivity contribution is -0.111. The Morgan fingerprint density at radius 3 is 1.52 bits per heavy atom. The van der Waals surface area contributed by atoms with E-state index in [2.05, 4.69) is 0 Å². The molecule has 5 heteroatoms. The Kier molecular flexibility index (Phi) is 4.22. The average Bonchev–Trinajstić information content (AvgIpc) is 2.64. The summed E-state index contributed by atoms with van der Waals surface area (Å²) in [5.41, 5.74) is 1.70. The zero-order valence-corrected chi connectivity index (χ0v) is 12.9. The van der Waals surface area contributed by atoms with Gasteiger partial charge in [-0.3, -0.25) is 19.2 Å². The fraction of sp³-hybridized carbons (Fsp3) is 0. The first-order valence-corrected chi connectivity index (χ1v) is 7.43. The molecule has 0 aromatic heterocycles. The lowest BCUT2D eigenvalue weighted by Crippen LogP contribution is -2.18. The van der Waals surface area contributed by atoms with Crippen LogP contribution >= 0.6 is 0 Å². The fourth-order valence-corrected chi connectivity index (χ4v) is 2.55. The van der Waals surface area contributed by atoms with Crippen molar-refractivity contribution in [2.75, 3.05) is 0 Å². The van der Waals surface area contributed by atoms with Crippen molar-refractivity contribution in [3.8, 4) is 0 Å². The highest BCUT2D eigenvalue weighted by atomic mass is 16.3. The first-order chi connectivity index (χ1) is 12.0. The van der Waals surface area contributed by atoms with Crippen LogP contribution in [0.4, 0.5) is 0 Å². The van der Waals surface area contributed by atoms with E-state index in [9.17, 15) is 24.3 Å². The lowest BCUT2D eigenvalue weighted by atomic mass is 9.94. The third-order valence-electron chi connectivity index (χ3n) is 3.78. The van der Waals surface area contributed by atoms with Crippen LogP contribution in [0.15, 0.2) is 66.8 Å². The highest BCUT2D eigenvalue weighted by Gasteiger charge is 2.24. The van der Waals surface area contributed by atoms with E-state index in [1.807, 2.05) is 0 Å². The summed E-state index contributed by atoms with van der Waals surface area (Å²) >= 11 is 0. The maximum Gasteiger partial charge on any atom is 0.233 e. The van der Waals surface area contributed by atoms with E-state index in [-0.39, 0.29) is 22.9 Å². The second-order valence-corrected chi connectivity index (χ2v) is 5.38. The first-order valence-electron chi connectivity index (χ1n) is 7.43. The predicted octanol–water partition coefficient (Wildman–Crippen LogP) is 2.97. The molecule has 0 saturated carbocycles. The van der Waals surface area contributed by atoms with E-state index in [1.165, 1.54) is 18.2 Å². The summed E-state index contributed by atoms with van der Waals surface area (Å²) in [5, 5.41) is 9.34. The number of Topliss-reactive ketones (excluding diaryl/α,β-unsaturated/α-hetero) is 1. The van der Waals surface area contributed by atoms with Crippen molar-refractivity contribution in [1.29, 1.82) is 0 Å². The molecule has 0 fully saturated rings. The molecule has 5 nitrogen and oxygen atoms in total. The van der Waals surface area contributed by atoms with Gasteiger partial charge in [0.2, 0.25) is 11.6 Å². The van der Waals surface area contributed by atoms with Crippen molar-refractivity contribution in [2.24, 2.45) is 0 Å². The molecule has 4 rings (SSSR count). The molecule has 0 amide bonds. The number of ketones is 4. The molecule has 0 bridgehead atoms. The molecule has 0 spiro atoms. The van der Waals surface area contributed by atoms with E-state index >= 15 is 0 Å². The summed E-state index contributed by atoms with van der Waals surface area (Å²) < 4.78 is 0. The van der Waals surface area contributed by atoms with Gasteiger partial charge in [0.05, 0.1) is 0 Å². The summed E-state index contributed by atoms with van der Waals surface area (Å²) in [6, 6.07) is 13.3. The fourth-order valence-electron chi connectivity index (χ4n) is 2.55. The number of aliphatic hydroxyl groups excluding tert-OH is 1. The van der Waals surface area contributed by atoms with Gasteiger partial charge in [0.15, 0.2) is 11.6 Å². The van der Waals surface area contributed by atoms with Gasteiger partial charge in [0, 0.05) is 28.3 Å². The largest absolute Gasteiger partial charge is 0.507 e. The van der Waals surface area contributed by atoms with Crippen LogP contribution in [0.5, 0.6) is 0 Å². The molecule has 25 heavy (non-hydrogen) atoms. The van der Waals surface area contributed by atoms with Gasteiger partial charge in [0.25, 0.3) is 0 Å². The number of fused-ring (bicyclic) bond motifs is 2. The van der Waals surface area contributed by atoms with Crippen molar-refractivity contribution in [2.45, 2.75) is 0 Å². The molecule has 0 aliphatic heterocycles. The second kappa shape index (κ2) is 6.49. The molecule has 1 N–H and O–H groups in total. The predicted molar refractivity (Wildman–Crippen MR) is 90.6 cm³/mol. The van der Waals surface area contributed by atoms with E-state index < -0.39 is 11.6 Å². The summed E-state index contributed by atoms with van der Waals surface area (Å²) in [6.45, 7) is 0. The van der Waals surface area contributed by atoms with Crippen molar-refractivity contribution >= 4 is 28.9 Å². The number of aliphatic hydroxyl groups is 1. The quantitative estimate of drug-likeness (QED) is 0.749. The minimum Gasteiger partial charge on any atom is -0.507 e. The van der Waals surface area contributed by atoms with Gasteiger partial charge in [-0.2, -0.15) is 0 Å². The van der Waals surface area contributed by atoms with Crippen molar-refractivity contribution in [3.05, 3.63) is 89.0 Å². The van der Waals surface area contributed by atoms with Crippen LogP contribution in [0.3, 0.4) is 0 Å². The molecular formula is C20H12O5. The maximum atomic E-state index is 11.3. The third kappa shape index (κ3) is 3.07. The Morgan fingerprint density at radius 2 is 1.00 bits per heavy atom. The van der Waals surface area contributed by atoms with Crippen molar-refractivity contribution in [3.63, 3.8) is 0 Å². The van der Waals surface area contributed by atoms with Crippen LogP contribution in [0.1, 0.15) is 36.6 Å². The van der Waals surface area contributed by atoms with Crippen molar-refractivity contribution < 1.29 is 24.3 Å². The SMILES string of the molecule is O=C1C=C(O)c2ccccc2C1=O.O=C1C=CC(=O)c2ccccc21. The highest BCUT2D eigenvalue weighted by molar-refractivity contribution is 6.50. The number of hydrogen-bond donors (Lipinski definition) is 1. The Hall–Kier alpha value is -3.60. The minimum absolute atomic E-state index is 0.0924. The number of rotatable bonds is 0. The molecule has 0 radical (unpaired) electrons. The standard InChI is InChI=1S/C10H6O3.C10H6O2/c11-8-5-9(12)10(13)7-4-2-1-3-6(7)8;11-9-5-6-10(12)8-4-2-1-3-7(8)9/h1-5,11H;1-6H. The number of carbonyl (C=O) groups excluding carboxylic acids is 4. The Morgan fingerprint density at radius 1 is 0.560 bits per heavy atom. The van der Waals surface area contributed by atoms with Crippen LogP contribution < -0.4 is 0 Å². The third-order valence-corrected chi connectivity index (χ3v) is 3.78. The van der Waals surface area contributed by atoms with Crippen LogP contribution in [0.2, 0.25) is 0 Å². The highest BCUT2D eigenvalue weighted by Crippen LogP contribution is 2.22. The summed E-state index contributed by atoms with van der Waals surface area (Å²) in [6.07, 6.45) is 3.57. The molecular weight excluding hydrogens is 320 g/mol. The summed E-state index contributed by atoms with van der Waals surface area (Å²) in [4.78, 5) is 44.6. The van der Waals surface area contributed by atoms with E-state index in [0.717, 1.165) is 6.08 Å². The molecule has 2 aromatic carbocycles. The van der Waals surface area contributed by atoms with Gasteiger partial charge in [-0.1, -0.05) is 48.5 Å². The second-order valence-electron chi connectivity index (χ2n) is 5.38. The van der Waals surface area contributed by atoms with Crippen LogP contribution in [-0.2, 0) is 4.79 Å². The zero-order chi connectivity index (χ0) is 18.0. The molecule has 0 heterocycles. The Balaban J connectivity index is 0.000000146. The van der Waals surface area contributed by atoms with E-state index in [0.29, 0.717) is 16.7 Å². The molecule has 2 aliphatic rings. The van der Waals surface area contributed by atoms with Crippen LogP contribution in [0.25, 0.3) is 5.76 Å². The lowest BCUT2D eigenvalue weighted by Gasteiger charge is -2.10. The first kappa shape index (κ1) is 16.3. The smallest absolute Gasteiger partial charge is 0.233 e. The molecule has 2 aliphatic carbocycles. The number of hydrogen-bond acceptors (Lipinski definition) is 5. The average molecular weight is 332 g/mol. The maximum absolute atomic E-state index is 11.3. The number of carbonyl (C=O) groups is 4. The van der Waals surface area contributed by atoms with Gasteiger partial charge in [0.1, 0.15) is 5.76 Å². The minimum atomic E-state index is -0.670. The Bertz CT molecular complexity index is 942. The van der Waals surface area contributed by atoms with E-state index in [4.69, 9.17) is 0 Å². The topological polar surface area (TPSA) is 88.5 Å². The van der Waals surface area contributed by atoms with Gasteiger partial charge in [-0.05, 0) is 12.2 Å². The monoisotopic (exact) mass is 332 g/mol. The van der Waals surface area contributed by atoms with Gasteiger partial charge < -0.3 is 5.11 Å². The Labute approximate surface area is 142 Å². The van der Waals surface area contributed by atoms with Crippen LogP contribution in [0, 0.1) is 0 Å². The molecule has 122 valence electrons. The zero-order valence-electron chi connectivity index (χ0n) is 12.9. The van der Waals surface area contributed by atoms with Gasteiger partial charge >= 0.3 is 0 Å². The molecule has 0 unspecified atom stereocenters. The normalized spacial score (nSPS) is 15.0.